The highest BCUT2D eigenvalue weighted by molar-refractivity contribution is 5.13. The van der Waals surface area contributed by atoms with Crippen LogP contribution in [0.5, 0.6) is 0 Å². The quantitative estimate of drug-likeness (QED) is 0.554. The topological polar surface area (TPSA) is 55.2 Å². The molecule has 4 nitrogen and oxygen atoms in total. The molecule has 4 heteroatoms. The molecule has 0 amide bonds. The van der Waals surface area contributed by atoms with Gasteiger partial charge in [-0.05, 0) is 12.6 Å². The summed E-state index contributed by atoms with van der Waals surface area (Å²) in [6.07, 6.45) is 0. The van der Waals surface area contributed by atoms with Crippen LogP contribution in [0.4, 0.5) is 0 Å². The summed E-state index contributed by atoms with van der Waals surface area (Å²) in [5.41, 5.74) is 1.33. The van der Waals surface area contributed by atoms with Gasteiger partial charge in [-0.1, -0.05) is 30.3 Å². The summed E-state index contributed by atoms with van der Waals surface area (Å²) < 4.78 is 0. The lowest BCUT2D eigenvalue weighted by Crippen LogP contribution is -2.04. The number of nitrogens with one attached hydrogen (secondary N) is 1. The zero-order valence-corrected chi connectivity index (χ0v) is 7.86. The smallest absolute Gasteiger partial charge is 0.194 e. The standard InChI is InChI=1S/C8H11N.CH3NO2/c1-9-7-8-5-3-2-4-6-8;1-2(3)4/h2-6,9H,7H2,1H3;1H3. The molecule has 0 aliphatic heterocycles. The van der Waals surface area contributed by atoms with E-state index in [-0.39, 0.29) is 0 Å². The molecule has 1 N–H and O–H groups in total. The molecule has 0 bridgehead atoms. The van der Waals surface area contributed by atoms with Crippen molar-refractivity contribution in [3.05, 3.63) is 46.0 Å². The second-order valence-corrected chi connectivity index (χ2v) is 2.46. The molecular weight excluding hydrogens is 168 g/mol. The minimum Gasteiger partial charge on any atom is -0.316 e. The molecule has 0 aliphatic carbocycles. The van der Waals surface area contributed by atoms with Crippen molar-refractivity contribution in [2.24, 2.45) is 0 Å². The van der Waals surface area contributed by atoms with Crippen LogP contribution < -0.4 is 5.32 Å². The van der Waals surface area contributed by atoms with Gasteiger partial charge in [0.2, 0.25) is 0 Å². The number of nitrogens with zero attached hydrogens (tertiary/aromatic N) is 1. The molecule has 0 spiro atoms. The van der Waals surface area contributed by atoms with Gasteiger partial charge in [0.1, 0.15) is 0 Å². The number of benzene rings is 1. The molecule has 0 saturated carbocycles. The number of rotatable bonds is 2. The Hall–Kier alpha value is -1.42. The van der Waals surface area contributed by atoms with E-state index in [4.69, 9.17) is 10.1 Å². The van der Waals surface area contributed by atoms with Gasteiger partial charge in [-0.2, -0.15) is 0 Å². The van der Waals surface area contributed by atoms with Gasteiger partial charge in [0, 0.05) is 11.5 Å². The van der Waals surface area contributed by atoms with Crippen LogP contribution in [-0.2, 0) is 6.54 Å². The van der Waals surface area contributed by atoms with Crippen molar-refractivity contribution in [3.63, 3.8) is 0 Å². The Morgan fingerprint density at radius 3 is 2.23 bits per heavy atom. The predicted octanol–water partition coefficient (Wildman–Crippen LogP) is 1.30. The van der Waals surface area contributed by atoms with Crippen LogP contribution in [0.25, 0.3) is 0 Å². The molecule has 0 unspecified atom stereocenters. The Labute approximate surface area is 77.7 Å². The van der Waals surface area contributed by atoms with Crippen molar-refractivity contribution in [1.29, 1.82) is 0 Å². The van der Waals surface area contributed by atoms with Crippen LogP contribution in [0.15, 0.2) is 30.3 Å². The highest BCUT2D eigenvalue weighted by Crippen LogP contribution is 1.95. The van der Waals surface area contributed by atoms with Crippen LogP contribution in [0.3, 0.4) is 0 Å². The lowest BCUT2D eigenvalue weighted by atomic mass is 10.2. The first-order valence-electron chi connectivity index (χ1n) is 3.93. The third kappa shape index (κ3) is 8.49. The molecule has 1 aromatic rings. The fourth-order valence-corrected chi connectivity index (χ4v) is 0.800. The van der Waals surface area contributed by atoms with Gasteiger partial charge < -0.3 is 5.32 Å². The highest BCUT2D eigenvalue weighted by atomic mass is 16.6. The first kappa shape index (κ1) is 11.6. The van der Waals surface area contributed by atoms with Gasteiger partial charge in [0.25, 0.3) is 0 Å². The van der Waals surface area contributed by atoms with Crippen LogP contribution in [-0.4, -0.2) is 19.0 Å². The minimum atomic E-state index is -0.500. The summed E-state index contributed by atoms with van der Waals surface area (Å²) in [5, 5.41) is 11.9. The van der Waals surface area contributed by atoms with Crippen molar-refractivity contribution in [2.75, 3.05) is 14.1 Å². The van der Waals surface area contributed by atoms with Gasteiger partial charge >= 0.3 is 0 Å². The Bertz CT molecular complexity index is 233. The molecule has 0 aliphatic rings. The zero-order chi connectivity index (χ0) is 10.1. The van der Waals surface area contributed by atoms with Crippen LogP contribution in [0.1, 0.15) is 5.56 Å². The fourth-order valence-electron chi connectivity index (χ4n) is 0.800. The summed E-state index contributed by atoms with van der Waals surface area (Å²) in [6, 6.07) is 10.3. The van der Waals surface area contributed by atoms with E-state index in [1.54, 1.807) is 0 Å². The molecule has 0 heterocycles. The third-order valence-electron chi connectivity index (χ3n) is 1.22. The van der Waals surface area contributed by atoms with Crippen molar-refractivity contribution < 1.29 is 4.92 Å². The van der Waals surface area contributed by atoms with Crippen molar-refractivity contribution in [1.82, 2.24) is 5.32 Å². The second-order valence-electron chi connectivity index (χ2n) is 2.46. The van der Waals surface area contributed by atoms with E-state index >= 15 is 0 Å². The van der Waals surface area contributed by atoms with E-state index < -0.39 is 4.92 Å². The van der Waals surface area contributed by atoms with Crippen molar-refractivity contribution >= 4 is 0 Å². The van der Waals surface area contributed by atoms with E-state index in [9.17, 15) is 0 Å². The van der Waals surface area contributed by atoms with Gasteiger partial charge in [-0.3, -0.25) is 10.1 Å². The summed E-state index contributed by atoms with van der Waals surface area (Å²) >= 11 is 0. The summed E-state index contributed by atoms with van der Waals surface area (Å²) in [7, 11) is 2.84. The van der Waals surface area contributed by atoms with Crippen molar-refractivity contribution in [2.45, 2.75) is 6.54 Å². The molecule has 1 aromatic carbocycles. The summed E-state index contributed by atoms with van der Waals surface area (Å²) in [6.45, 7) is 0.959. The maximum atomic E-state index is 8.81. The fraction of sp³-hybridized carbons (Fsp3) is 0.333. The zero-order valence-electron chi connectivity index (χ0n) is 7.86. The van der Waals surface area contributed by atoms with Crippen LogP contribution in [0, 0.1) is 10.1 Å². The van der Waals surface area contributed by atoms with Gasteiger partial charge in [0.05, 0.1) is 0 Å². The number of hydrogen-bond acceptors (Lipinski definition) is 3. The van der Waals surface area contributed by atoms with Gasteiger partial charge in [-0.15, -0.1) is 0 Å². The van der Waals surface area contributed by atoms with Crippen LogP contribution >= 0.6 is 0 Å². The summed E-state index contributed by atoms with van der Waals surface area (Å²) in [5.74, 6) is 0. The van der Waals surface area contributed by atoms with E-state index in [1.807, 2.05) is 25.2 Å². The lowest BCUT2D eigenvalue weighted by Gasteiger charge is -1.95. The average Bonchev–Trinajstić information content (AvgIpc) is 2.06. The molecular formula is C9H14N2O2. The predicted molar refractivity (Wildman–Crippen MR) is 52.1 cm³/mol. The maximum absolute atomic E-state index is 8.81. The monoisotopic (exact) mass is 182 g/mol. The van der Waals surface area contributed by atoms with E-state index in [0.29, 0.717) is 0 Å². The molecule has 1 rings (SSSR count). The molecule has 0 fully saturated rings. The Morgan fingerprint density at radius 2 is 1.85 bits per heavy atom. The molecule has 13 heavy (non-hydrogen) atoms. The van der Waals surface area contributed by atoms with Crippen LogP contribution in [0.2, 0.25) is 0 Å². The molecule has 0 radical (unpaired) electrons. The first-order chi connectivity index (χ1) is 6.16. The highest BCUT2D eigenvalue weighted by Gasteiger charge is 1.83. The Morgan fingerprint density at radius 1 is 1.38 bits per heavy atom. The normalized spacial score (nSPS) is 8.46. The first-order valence-corrected chi connectivity index (χ1v) is 3.93. The largest absolute Gasteiger partial charge is 0.316 e. The number of nitro groups is 1. The van der Waals surface area contributed by atoms with E-state index in [1.165, 1.54) is 5.56 Å². The Balaban J connectivity index is 0.000000310. The lowest BCUT2D eigenvalue weighted by molar-refractivity contribution is -0.445. The minimum absolute atomic E-state index is 0.500. The second kappa shape index (κ2) is 7.24. The molecule has 0 atom stereocenters. The summed E-state index contributed by atoms with van der Waals surface area (Å²) in [4.78, 5) is 8.31. The third-order valence-corrected chi connectivity index (χ3v) is 1.22. The maximum Gasteiger partial charge on any atom is 0.194 e. The Kier molecular flexibility index (Phi) is 6.45. The number of hydrogen-bond donors (Lipinski definition) is 1. The molecule has 0 saturated heterocycles. The molecule has 0 aromatic heterocycles. The average molecular weight is 182 g/mol. The SMILES string of the molecule is CNCc1ccccc1.C[N+](=O)[O-]. The van der Waals surface area contributed by atoms with E-state index in [0.717, 1.165) is 13.6 Å². The van der Waals surface area contributed by atoms with Crippen molar-refractivity contribution in [3.8, 4) is 0 Å². The van der Waals surface area contributed by atoms with Gasteiger partial charge in [-0.25, -0.2) is 0 Å². The van der Waals surface area contributed by atoms with Gasteiger partial charge in [0.15, 0.2) is 7.05 Å². The molecule has 72 valence electrons. The van der Waals surface area contributed by atoms with E-state index in [2.05, 4.69) is 17.4 Å².